The maximum Gasteiger partial charge on any atom is 0.223 e. The highest BCUT2D eigenvalue weighted by atomic mass is 19.1. The van der Waals surface area contributed by atoms with Crippen LogP contribution in [0.5, 0.6) is 0 Å². The summed E-state index contributed by atoms with van der Waals surface area (Å²) in [5.74, 6) is -0.747. The smallest absolute Gasteiger partial charge is 0.223 e. The van der Waals surface area contributed by atoms with Gasteiger partial charge in [-0.25, -0.2) is 9.37 Å². The van der Waals surface area contributed by atoms with E-state index in [1.165, 1.54) is 18.2 Å². The van der Waals surface area contributed by atoms with E-state index < -0.39 is 11.9 Å². The van der Waals surface area contributed by atoms with Crippen LogP contribution in [0, 0.1) is 5.82 Å². The van der Waals surface area contributed by atoms with Crippen molar-refractivity contribution in [1.82, 2.24) is 14.9 Å². The number of aliphatic hydroxyl groups excluding tert-OH is 1. The third-order valence-corrected chi connectivity index (χ3v) is 3.86. The van der Waals surface area contributed by atoms with Gasteiger partial charge in [-0.2, -0.15) is 0 Å². The third kappa shape index (κ3) is 4.30. The average Bonchev–Trinajstić information content (AvgIpc) is 3.14. The summed E-state index contributed by atoms with van der Waals surface area (Å²) < 4.78 is 15.1. The van der Waals surface area contributed by atoms with Gasteiger partial charge in [0.2, 0.25) is 5.91 Å². The van der Waals surface area contributed by atoms with Crippen LogP contribution in [-0.2, 0) is 11.3 Å². The number of carbonyl (C=O) groups excluding carboxylic acids is 1. The van der Waals surface area contributed by atoms with Gasteiger partial charge < -0.3 is 15.0 Å². The maximum absolute atomic E-state index is 13.2. The van der Waals surface area contributed by atoms with Crippen molar-refractivity contribution in [2.24, 2.45) is 0 Å². The van der Waals surface area contributed by atoms with E-state index in [0.29, 0.717) is 12.1 Å². The summed E-state index contributed by atoms with van der Waals surface area (Å²) in [4.78, 5) is 16.1. The number of hydrogen-bond donors (Lipinski definition) is 2. The molecule has 5 nitrogen and oxygen atoms in total. The Hall–Kier alpha value is -2.99. The second kappa shape index (κ2) is 7.72. The standard InChI is InChI=1S/C19H18FN3O2/c20-16-6-3-5-14(10-16)18(24)11-19(25)22-12-15-4-1-2-7-17(15)23-9-8-21-13-23/h1-10,13,18,24H,11-12H2,(H,22,25). The Balaban J connectivity index is 1.62. The SMILES string of the molecule is O=C(CC(O)c1cccc(F)c1)NCc1ccccc1-n1ccnc1. The number of aromatic nitrogens is 2. The lowest BCUT2D eigenvalue weighted by Gasteiger charge is -2.13. The topological polar surface area (TPSA) is 67.2 Å². The van der Waals surface area contributed by atoms with Crippen molar-refractivity contribution >= 4 is 5.91 Å². The van der Waals surface area contributed by atoms with Crippen LogP contribution in [0.4, 0.5) is 4.39 Å². The third-order valence-electron chi connectivity index (χ3n) is 3.86. The zero-order valence-electron chi connectivity index (χ0n) is 13.5. The van der Waals surface area contributed by atoms with Crippen LogP contribution in [0.15, 0.2) is 67.3 Å². The van der Waals surface area contributed by atoms with Gasteiger partial charge in [-0.1, -0.05) is 30.3 Å². The molecule has 0 bridgehead atoms. The van der Waals surface area contributed by atoms with Gasteiger partial charge in [-0.3, -0.25) is 4.79 Å². The Labute approximate surface area is 144 Å². The van der Waals surface area contributed by atoms with E-state index in [9.17, 15) is 14.3 Å². The molecule has 0 aliphatic rings. The molecule has 3 aromatic rings. The predicted molar refractivity (Wildman–Crippen MR) is 91.4 cm³/mol. The minimum Gasteiger partial charge on any atom is -0.388 e. The van der Waals surface area contributed by atoms with Gasteiger partial charge in [0, 0.05) is 18.9 Å². The number of carbonyl (C=O) groups is 1. The summed E-state index contributed by atoms with van der Waals surface area (Å²) in [6.07, 6.45) is 4.03. The molecule has 0 aliphatic heterocycles. The zero-order valence-corrected chi connectivity index (χ0v) is 13.5. The Bertz CT molecular complexity index is 849. The maximum atomic E-state index is 13.2. The number of nitrogens with zero attached hydrogens (tertiary/aromatic N) is 2. The van der Waals surface area contributed by atoms with Crippen LogP contribution >= 0.6 is 0 Å². The van der Waals surface area contributed by atoms with Crippen molar-refractivity contribution in [2.75, 3.05) is 0 Å². The first-order valence-electron chi connectivity index (χ1n) is 7.90. The molecule has 1 atom stereocenters. The van der Waals surface area contributed by atoms with Crippen molar-refractivity contribution in [3.05, 3.63) is 84.2 Å². The normalized spacial score (nSPS) is 11.9. The molecule has 1 unspecified atom stereocenters. The summed E-state index contributed by atoms with van der Waals surface area (Å²) in [5.41, 5.74) is 2.23. The minimum atomic E-state index is -1.04. The number of halogens is 1. The Morgan fingerprint density at radius 2 is 2.08 bits per heavy atom. The van der Waals surface area contributed by atoms with Crippen LogP contribution in [0.2, 0.25) is 0 Å². The average molecular weight is 339 g/mol. The van der Waals surface area contributed by atoms with Gasteiger partial charge in [0.15, 0.2) is 0 Å². The fraction of sp³-hybridized carbons (Fsp3) is 0.158. The second-order valence-corrected chi connectivity index (χ2v) is 5.65. The second-order valence-electron chi connectivity index (χ2n) is 5.65. The molecule has 2 N–H and O–H groups in total. The van der Waals surface area contributed by atoms with E-state index >= 15 is 0 Å². The molecule has 128 valence electrons. The Morgan fingerprint density at radius 3 is 2.84 bits per heavy atom. The van der Waals surface area contributed by atoms with E-state index in [1.807, 2.05) is 35.0 Å². The number of imidazole rings is 1. The molecule has 0 saturated heterocycles. The van der Waals surface area contributed by atoms with Crippen LogP contribution < -0.4 is 5.32 Å². The number of hydrogen-bond acceptors (Lipinski definition) is 3. The van der Waals surface area contributed by atoms with E-state index in [1.54, 1.807) is 18.6 Å². The molecule has 0 fully saturated rings. The van der Waals surface area contributed by atoms with Gasteiger partial charge in [0.1, 0.15) is 5.82 Å². The lowest BCUT2D eigenvalue weighted by molar-refractivity contribution is -0.123. The van der Waals surface area contributed by atoms with Crippen molar-refractivity contribution in [3.63, 3.8) is 0 Å². The first-order chi connectivity index (χ1) is 12.1. The minimum absolute atomic E-state index is 0.128. The van der Waals surface area contributed by atoms with Gasteiger partial charge in [-0.15, -0.1) is 0 Å². The fourth-order valence-corrected chi connectivity index (χ4v) is 2.59. The molecular weight excluding hydrogens is 321 g/mol. The van der Waals surface area contributed by atoms with Gasteiger partial charge in [-0.05, 0) is 29.3 Å². The molecular formula is C19H18FN3O2. The highest BCUT2D eigenvalue weighted by Gasteiger charge is 2.14. The quantitative estimate of drug-likeness (QED) is 0.726. The number of aliphatic hydroxyl groups is 1. The monoisotopic (exact) mass is 339 g/mol. The number of amides is 1. The molecule has 2 aromatic carbocycles. The number of rotatable bonds is 6. The van der Waals surface area contributed by atoms with Crippen molar-refractivity contribution in [3.8, 4) is 5.69 Å². The molecule has 1 amide bonds. The Kier molecular flexibility index (Phi) is 5.20. The predicted octanol–water partition coefficient (Wildman–Crippen LogP) is 2.75. The lowest BCUT2D eigenvalue weighted by atomic mass is 10.1. The molecule has 3 rings (SSSR count). The number of nitrogens with one attached hydrogen (secondary N) is 1. The van der Waals surface area contributed by atoms with E-state index in [4.69, 9.17) is 0 Å². The summed E-state index contributed by atoms with van der Waals surface area (Å²) in [6.45, 7) is 0.322. The van der Waals surface area contributed by atoms with Crippen LogP contribution in [0.1, 0.15) is 23.7 Å². The van der Waals surface area contributed by atoms with Crippen molar-refractivity contribution < 1.29 is 14.3 Å². The lowest BCUT2D eigenvalue weighted by Crippen LogP contribution is -2.25. The summed E-state index contributed by atoms with van der Waals surface area (Å²) >= 11 is 0. The summed E-state index contributed by atoms with van der Waals surface area (Å²) in [6, 6.07) is 13.3. The Morgan fingerprint density at radius 1 is 1.24 bits per heavy atom. The first kappa shape index (κ1) is 16.9. The first-order valence-corrected chi connectivity index (χ1v) is 7.90. The number of benzene rings is 2. The van der Waals surface area contributed by atoms with E-state index in [-0.39, 0.29) is 12.3 Å². The largest absolute Gasteiger partial charge is 0.388 e. The zero-order chi connectivity index (χ0) is 17.6. The van der Waals surface area contributed by atoms with E-state index in [2.05, 4.69) is 10.3 Å². The van der Waals surface area contributed by atoms with Crippen LogP contribution in [0.3, 0.4) is 0 Å². The molecule has 0 spiro atoms. The molecule has 6 heteroatoms. The van der Waals surface area contributed by atoms with Gasteiger partial charge in [0.25, 0.3) is 0 Å². The molecule has 1 heterocycles. The molecule has 1 aromatic heterocycles. The summed E-state index contributed by atoms with van der Waals surface area (Å²) in [5, 5.41) is 12.9. The van der Waals surface area contributed by atoms with Crippen molar-refractivity contribution in [2.45, 2.75) is 19.1 Å². The van der Waals surface area contributed by atoms with Crippen LogP contribution in [-0.4, -0.2) is 20.6 Å². The van der Waals surface area contributed by atoms with E-state index in [0.717, 1.165) is 11.3 Å². The van der Waals surface area contributed by atoms with Crippen LogP contribution in [0.25, 0.3) is 5.69 Å². The highest BCUT2D eigenvalue weighted by molar-refractivity contribution is 5.76. The molecule has 25 heavy (non-hydrogen) atoms. The highest BCUT2D eigenvalue weighted by Crippen LogP contribution is 2.18. The molecule has 0 saturated carbocycles. The van der Waals surface area contributed by atoms with Gasteiger partial charge in [0.05, 0.1) is 24.5 Å². The number of para-hydroxylation sites is 1. The van der Waals surface area contributed by atoms with Crippen molar-refractivity contribution in [1.29, 1.82) is 0 Å². The summed E-state index contributed by atoms with van der Waals surface area (Å²) in [7, 11) is 0. The van der Waals surface area contributed by atoms with Gasteiger partial charge >= 0.3 is 0 Å². The molecule has 0 radical (unpaired) electrons. The molecule has 0 aliphatic carbocycles. The fourth-order valence-electron chi connectivity index (χ4n) is 2.59.